The monoisotopic (exact) mass is 688 g/mol. The molecule has 4 aromatic carbocycles. The van der Waals surface area contributed by atoms with Crippen LogP contribution in [0.1, 0.15) is 21.6 Å². The third-order valence-corrected chi connectivity index (χ3v) is 8.80. The fourth-order valence-electron chi connectivity index (χ4n) is 6.49. The average Bonchev–Trinajstić information content (AvgIpc) is 3.68. The number of carbonyl (C=O) groups excluding carboxylic acids is 2. The molecular formula is C38H32N4O9. The van der Waals surface area contributed by atoms with Crippen LogP contribution in [0.2, 0.25) is 0 Å². The Morgan fingerprint density at radius 3 is 2.25 bits per heavy atom. The molecule has 0 bridgehead atoms. The summed E-state index contributed by atoms with van der Waals surface area (Å²) in [6, 6.07) is 20.2. The third kappa shape index (κ3) is 5.35. The van der Waals surface area contributed by atoms with Gasteiger partial charge in [-0.1, -0.05) is 30.3 Å². The Morgan fingerprint density at radius 1 is 0.824 bits per heavy atom. The number of fused-ring (bicyclic) bond motifs is 5. The van der Waals surface area contributed by atoms with Gasteiger partial charge in [-0.2, -0.15) is 5.10 Å². The first-order valence-electron chi connectivity index (χ1n) is 15.7. The van der Waals surface area contributed by atoms with E-state index in [0.717, 1.165) is 21.5 Å². The van der Waals surface area contributed by atoms with Crippen LogP contribution in [-0.4, -0.2) is 66.7 Å². The van der Waals surface area contributed by atoms with Gasteiger partial charge < -0.3 is 28.8 Å². The highest BCUT2D eigenvalue weighted by Gasteiger charge is 2.34. The molecule has 1 aliphatic rings. The third-order valence-electron chi connectivity index (χ3n) is 8.80. The first-order chi connectivity index (χ1) is 24.7. The standard InChI is InChI=1S/C38H32N4O9/c1-19-31(20-10-14-27(47-2)29(16-20)49-4)34(40-39-19)24-12-11-21(17-26(24)43)51-18-30(44)41-42-35-22-8-6-7-9-23(22)36(45)32(35)25-13-15-28(48-3)37(50-5)33(25)38(42)46/h6-17,43H,18H2,1-5H3,(H,39,40)(H,41,44). The van der Waals surface area contributed by atoms with Gasteiger partial charge in [0, 0.05) is 39.4 Å². The summed E-state index contributed by atoms with van der Waals surface area (Å²) in [6.45, 7) is 1.34. The number of phenolic OH excluding ortho intramolecular Hbond substituents is 1. The predicted molar refractivity (Wildman–Crippen MR) is 189 cm³/mol. The molecule has 0 spiro atoms. The van der Waals surface area contributed by atoms with Gasteiger partial charge in [0.25, 0.3) is 11.5 Å². The van der Waals surface area contributed by atoms with Crippen LogP contribution < -0.4 is 34.7 Å². The van der Waals surface area contributed by atoms with Crippen molar-refractivity contribution in [2.24, 2.45) is 0 Å². The van der Waals surface area contributed by atoms with E-state index in [2.05, 4.69) is 15.6 Å². The van der Waals surface area contributed by atoms with Crippen molar-refractivity contribution in [2.75, 3.05) is 40.5 Å². The number of hydrogen-bond donors (Lipinski definition) is 3. The maximum absolute atomic E-state index is 14.1. The van der Waals surface area contributed by atoms with E-state index in [1.807, 2.05) is 19.1 Å². The molecule has 0 aliphatic heterocycles. The zero-order chi connectivity index (χ0) is 36.0. The number of aryl methyl sites for hydroxylation is 1. The molecule has 0 atom stereocenters. The SMILES string of the molecule is COc1ccc(-c2c(-c3ccc(OCC(=O)Nn4c5c(c6ccc(OC)c(OC)c6c4=O)C(=O)c4ccccc4-5)cc3O)n[nH]c2C)cc1OC. The largest absolute Gasteiger partial charge is 0.507 e. The van der Waals surface area contributed by atoms with E-state index < -0.39 is 18.1 Å². The van der Waals surface area contributed by atoms with Crippen molar-refractivity contribution < 1.29 is 38.4 Å². The molecule has 1 amide bonds. The van der Waals surface area contributed by atoms with Crippen LogP contribution in [0.15, 0.2) is 77.6 Å². The molecule has 0 unspecified atom stereocenters. The molecular weight excluding hydrogens is 656 g/mol. The number of ether oxygens (including phenoxy) is 5. The second-order valence-electron chi connectivity index (χ2n) is 11.6. The number of H-pyrrole nitrogens is 1. The highest BCUT2D eigenvalue weighted by Crippen LogP contribution is 2.43. The van der Waals surface area contributed by atoms with Crippen molar-refractivity contribution in [3.05, 3.63) is 100.0 Å². The summed E-state index contributed by atoms with van der Waals surface area (Å²) in [6.07, 6.45) is 0. The van der Waals surface area contributed by atoms with Gasteiger partial charge in [-0.25, -0.2) is 4.68 Å². The average molecular weight is 689 g/mol. The highest BCUT2D eigenvalue weighted by molar-refractivity contribution is 6.27. The number of hydrogen-bond acceptors (Lipinski definition) is 10. The van der Waals surface area contributed by atoms with Gasteiger partial charge in [-0.15, -0.1) is 0 Å². The molecule has 2 aromatic heterocycles. The van der Waals surface area contributed by atoms with Crippen molar-refractivity contribution in [3.8, 4) is 68.1 Å². The number of pyridine rings is 1. The summed E-state index contributed by atoms with van der Waals surface area (Å²) < 4.78 is 28.6. The van der Waals surface area contributed by atoms with Crippen LogP contribution in [-0.2, 0) is 4.79 Å². The first kappa shape index (κ1) is 32.8. The van der Waals surface area contributed by atoms with Crippen molar-refractivity contribution in [1.82, 2.24) is 14.9 Å². The molecule has 13 heteroatoms. The van der Waals surface area contributed by atoms with Crippen LogP contribution in [0, 0.1) is 6.92 Å². The zero-order valence-electron chi connectivity index (χ0n) is 28.2. The number of ketones is 1. The maximum Gasteiger partial charge on any atom is 0.281 e. The molecule has 0 radical (unpaired) electrons. The summed E-state index contributed by atoms with van der Waals surface area (Å²) in [5, 5.41) is 18.9. The van der Waals surface area contributed by atoms with E-state index >= 15 is 0 Å². The number of aromatic hydroxyl groups is 1. The number of phenols is 1. The predicted octanol–water partition coefficient (Wildman–Crippen LogP) is 5.47. The van der Waals surface area contributed by atoms with Crippen LogP contribution in [0.4, 0.5) is 0 Å². The molecule has 13 nitrogen and oxygen atoms in total. The Bertz CT molecular complexity index is 2450. The number of nitrogens with one attached hydrogen (secondary N) is 2. The first-order valence-corrected chi connectivity index (χ1v) is 15.7. The molecule has 6 aromatic rings. The van der Waals surface area contributed by atoms with E-state index in [4.69, 9.17) is 23.7 Å². The Hall–Kier alpha value is -6.76. The molecule has 258 valence electrons. The smallest absolute Gasteiger partial charge is 0.281 e. The van der Waals surface area contributed by atoms with Crippen LogP contribution >= 0.6 is 0 Å². The normalized spacial score (nSPS) is 11.6. The maximum atomic E-state index is 14.1. The number of benzene rings is 4. The number of carbonyl (C=O) groups is 2. The van der Waals surface area contributed by atoms with Crippen LogP contribution in [0.25, 0.3) is 44.4 Å². The molecule has 1 aliphatic carbocycles. The lowest BCUT2D eigenvalue weighted by atomic mass is 9.98. The number of methoxy groups -OCH3 is 4. The lowest BCUT2D eigenvalue weighted by Crippen LogP contribution is -2.37. The number of aromatic nitrogens is 3. The summed E-state index contributed by atoms with van der Waals surface area (Å²) in [5.74, 6) is 0.589. The summed E-state index contributed by atoms with van der Waals surface area (Å²) in [7, 11) is 5.94. The van der Waals surface area contributed by atoms with Crippen molar-refractivity contribution in [2.45, 2.75) is 6.92 Å². The van der Waals surface area contributed by atoms with Gasteiger partial charge in [0.2, 0.25) is 0 Å². The minimum Gasteiger partial charge on any atom is -0.507 e. The fourth-order valence-corrected chi connectivity index (χ4v) is 6.49. The van der Waals surface area contributed by atoms with Gasteiger partial charge in [0.1, 0.15) is 17.2 Å². The minimum absolute atomic E-state index is 0.0690. The Morgan fingerprint density at radius 2 is 1.55 bits per heavy atom. The molecule has 2 heterocycles. The number of aromatic amines is 1. The van der Waals surface area contributed by atoms with Crippen LogP contribution in [0.3, 0.4) is 0 Å². The topological polar surface area (TPSA) is 163 Å². The van der Waals surface area contributed by atoms with Gasteiger partial charge in [-0.3, -0.25) is 24.9 Å². The van der Waals surface area contributed by atoms with Crippen LogP contribution in [0.5, 0.6) is 34.5 Å². The number of amides is 1. The highest BCUT2D eigenvalue weighted by atomic mass is 16.5. The lowest BCUT2D eigenvalue weighted by Gasteiger charge is -2.18. The summed E-state index contributed by atoms with van der Waals surface area (Å²) >= 11 is 0. The lowest BCUT2D eigenvalue weighted by molar-refractivity contribution is -0.119. The van der Waals surface area contributed by atoms with E-state index in [1.54, 1.807) is 68.8 Å². The summed E-state index contributed by atoms with van der Waals surface area (Å²) in [4.78, 5) is 41.1. The van der Waals surface area contributed by atoms with E-state index in [-0.39, 0.29) is 45.4 Å². The second-order valence-corrected chi connectivity index (χ2v) is 11.6. The molecule has 7 rings (SSSR count). The minimum atomic E-state index is -0.695. The zero-order valence-corrected chi connectivity index (χ0v) is 28.2. The quantitative estimate of drug-likeness (QED) is 0.168. The summed E-state index contributed by atoms with van der Waals surface area (Å²) in [5.41, 5.74) is 6.60. The van der Waals surface area contributed by atoms with Gasteiger partial charge >= 0.3 is 0 Å². The van der Waals surface area contributed by atoms with Gasteiger partial charge in [0.05, 0.1) is 45.1 Å². The van der Waals surface area contributed by atoms with E-state index in [9.17, 15) is 19.5 Å². The molecule has 51 heavy (non-hydrogen) atoms. The molecule has 0 saturated carbocycles. The molecule has 3 N–H and O–H groups in total. The van der Waals surface area contributed by atoms with Crippen molar-refractivity contribution in [3.63, 3.8) is 0 Å². The second kappa shape index (κ2) is 12.9. The van der Waals surface area contributed by atoms with E-state index in [1.165, 1.54) is 20.3 Å². The Kier molecular flexibility index (Phi) is 8.31. The van der Waals surface area contributed by atoms with Gasteiger partial charge in [-0.05, 0) is 48.9 Å². The number of nitrogens with zero attached hydrogens (tertiary/aromatic N) is 2. The van der Waals surface area contributed by atoms with E-state index in [0.29, 0.717) is 39.3 Å². The van der Waals surface area contributed by atoms with Gasteiger partial charge in [0.15, 0.2) is 35.4 Å². The number of rotatable bonds is 10. The molecule has 0 saturated heterocycles. The van der Waals surface area contributed by atoms with Crippen molar-refractivity contribution in [1.29, 1.82) is 0 Å². The fraction of sp³-hybridized carbons (Fsp3) is 0.158. The van der Waals surface area contributed by atoms with Crippen molar-refractivity contribution >= 4 is 22.5 Å². The Labute approximate surface area is 290 Å². The molecule has 0 fully saturated rings. The Balaban J connectivity index is 1.19.